The van der Waals surface area contributed by atoms with Crippen LogP contribution in [0.4, 0.5) is 0 Å². The van der Waals surface area contributed by atoms with E-state index in [1.165, 1.54) is 6.26 Å². The molecule has 1 aromatic rings. The minimum Gasteiger partial charge on any atom is -0.467 e. The summed E-state index contributed by atoms with van der Waals surface area (Å²) in [5, 5.41) is 2.96. The van der Waals surface area contributed by atoms with Crippen LogP contribution in [0.3, 0.4) is 0 Å². The lowest BCUT2D eigenvalue weighted by Crippen LogP contribution is -2.43. The molecule has 0 aliphatic heterocycles. The summed E-state index contributed by atoms with van der Waals surface area (Å²) in [5.41, 5.74) is 5.96. The highest BCUT2D eigenvalue weighted by atomic mass is 35.5. The van der Waals surface area contributed by atoms with Gasteiger partial charge in [0.15, 0.2) is 0 Å². The van der Waals surface area contributed by atoms with Crippen LogP contribution < -0.4 is 11.1 Å². The van der Waals surface area contributed by atoms with Crippen molar-refractivity contribution in [3.8, 4) is 0 Å². The van der Waals surface area contributed by atoms with Gasteiger partial charge >= 0.3 is 0 Å². The van der Waals surface area contributed by atoms with Gasteiger partial charge in [-0.25, -0.2) is 0 Å². The van der Waals surface area contributed by atoms with E-state index in [0.717, 1.165) is 18.8 Å². The van der Waals surface area contributed by atoms with Gasteiger partial charge in [0.05, 0.1) is 12.1 Å². The Balaban J connectivity index is 0.00000128. The van der Waals surface area contributed by atoms with Crippen molar-refractivity contribution in [1.82, 2.24) is 5.32 Å². The molecule has 0 bridgehead atoms. The largest absolute Gasteiger partial charge is 0.467 e. The van der Waals surface area contributed by atoms with Crippen molar-refractivity contribution in [3.63, 3.8) is 0 Å². The van der Waals surface area contributed by atoms with Gasteiger partial charge in [0, 0.05) is 6.04 Å². The van der Waals surface area contributed by atoms with Crippen LogP contribution in [0.1, 0.15) is 35.9 Å². The van der Waals surface area contributed by atoms with Gasteiger partial charge in [0.1, 0.15) is 12.0 Å². The first kappa shape index (κ1) is 13.1. The second-order valence-electron chi connectivity index (χ2n) is 4.25. The van der Waals surface area contributed by atoms with Gasteiger partial charge < -0.3 is 15.5 Å². The van der Waals surface area contributed by atoms with E-state index in [-0.39, 0.29) is 18.3 Å². The topological polar surface area (TPSA) is 68.3 Å². The molecule has 1 aromatic heterocycles. The third-order valence-electron chi connectivity index (χ3n) is 2.83. The lowest BCUT2D eigenvalue weighted by molar-refractivity contribution is 0.0895. The Morgan fingerprint density at radius 3 is 2.81 bits per heavy atom. The molecule has 5 heteroatoms. The highest BCUT2D eigenvalue weighted by Crippen LogP contribution is 2.26. The SMILES string of the molecule is CC1CC(NC(=O)c2coc(CN)c2)C1.Cl. The van der Waals surface area contributed by atoms with E-state index in [1.54, 1.807) is 6.07 Å². The van der Waals surface area contributed by atoms with E-state index >= 15 is 0 Å². The average Bonchev–Trinajstić information content (AvgIpc) is 2.63. The standard InChI is InChI=1S/C11H16N2O2.ClH/c1-7-2-9(3-7)13-11(14)8-4-10(5-12)15-6-8;/h4,6-7,9H,2-3,5,12H2,1H3,(H,13,14);1H. The molecule has 0 atom stereocenters. The molecule has 1 aliphatic rings. The summed E-state index contributed by atoms with van der Waals surface area (Å²) in [6.45, 7) is 2.51. The van der Waals surface area contributed by atoms with Gasteiger partial charge in [-0.05, 0) is 24.8 Å². The third-order valence-corrected chi connectivity index (χ3v) is 2.83. The monoisotopic (exact) mass is 244 g/mol. The first-order valence-corrected chi connectivity index (χ1v) is 5.27. The minimum atomic E-state index is -0.0599. The average molecular weight is 245 g/mol. The molecule has 4 nitrogen and oxygen atoms in total. The van der Waals surface area contributed by atoms with Crippen molar-refractivity contribution in [1.29, 1.82) is 0 Å². The molecule has 0 saturated heterocycles. The Morgan fingerprint density at radius 2 is 2.31 bits per heavy atom. The maximum atomic E-state index is 11.7. The molecule has 1 heterocycles. The molecule has 1 fully saturated rings. The normalized spacial score (nSPS) is 23.1. The predicted octanol–water partition coefficient (Wildman–Crippen LogP) is 1.69. The van der Waals surface area contributed by atoms with E-state index < -0.39 is 0 Å². The second kappa shape index (κ2) is 5.37. The number of hydrogen-bond donors (Lipinski definition) is 2. The van der Waals surface area contributed by atoms with Gasteiger partial charge in [-0.2, -0.15) is 0 Å². The molecular weight excluding hydrogens is 228 g/mol. The van der Waals surface area contributed by atoms with Crippen LogP contribution in [0.2, 0.25) is 0 Å². The van der Waals surface area contributed by atoms with E-state index in [9.17, 15) is 4.79 Å². The van der Waals surface area contributed by atoms with Crippen molar-refractivity contribution in [3.05, 3.63) is 23.7 Å². The lowest BCUT2D eigenvalue weighted by atomic mass is 9.82. The van der Waals surface area contributed by atoms with Gasteiger partial charge in [-0.1, -0.05) is 6.92 Å². The number of rotatable bonds is 3. The fraction of sp³-hybridized carbons (Fsp3) is 0.545. The number of hydrogen-bond acceptors (Lipinski definition) is 3. The van der Waals surface area contributed by atoms with Crippen LogP contribution >= 0.6 is 12.4 Å². The highest BCUT2D eigenvalue weighted by Gasteiger charge is 2.27. The van der Waals surface area contributed by atoms with Crippen molar-refractivity contribution in [2.24, 2.45) is 11.7 Å². The molecule has 0 radical (unpaired) electrons. The number of nitrogens with two attached hydrogens (primary N) is 1. The van der Waals surface area contributed by atoms with E-state index in [4.69, 9.17) is 10.2 Å². The molecule has 0 spiro atoms. The van der Waals surface area contributed by atoms with Gasteiger partial charge in [-0.15, -0.1) is 12.4 Å². The summed E-state index contributed by atoms with van der Waals surface area (Å²) in [5.74, 6) is 1.32. The summed E-state index contributed by atoms with van der Waals surface area (Å²) in [7, 11) is 0. The Kier molecular flexibility index (Phi) is 4.38. The Hall–Kier alpha value is -1.00. The van der Waals surface area contributed by atoms with Crippen LogP contribution in [0, 0.1) is 5.92 Å². The zero-order valence-electron chi connectivity index (χ0n) is 9.23. The Morgan fingerprint density at radius 1 is 1.62 bits per heavy atom. The number of carbonyl (C=O) groups excluding carboxylic acids is 1. The maximum absolute atomic E-state index is 11.7. The molecule has 1 amide bonds. The molecule has 1 saturated carbocycles. The molecule has 3 N–H and O–H groups in total. The summed E-state index contributed by atoms with van der Waals surface area (Å²) in [6, 6.07) is 2.03. The summed E-state index contributed by atoms with van der Waals surface area (Å²) in [4.78, 5) is 11.7. The van der Waals surface area contributed by atoms with Crippen molar-refractivity contribution in [2.45, 2.75) is 32.4 Å². The summed E-state index contributed by atoms with van der Waals surface area (Å²) in [6.07, 6.45) is 3.61. The Bertz CT molecular complexity index is 359. The number of nitrogens with one attached hydrogen (secondary N) is 1. The molecule has 1 aliphatic carbocycles. The van der Waals surface area contributed by atoms with Gasteiger partial charge in [-0.3, -0.25) is 4.79 Å². The number of amides is 1. The zero-order chi connectivity index (χ0) is 10.8. The first-order chi connectivity index (χ1) is 7.19. The quantitative estimate of drug-likeness (QED) is 0.850. The minimum absolute atomic E-state index is 0. The molecule has 2 rings (SSSR count). The zero-order valence-corrected chi connectivity index (χ0v) is 10.0. The molecule has 0 aromatic carbocycles. The molecular formula is C11H17ClN2O2. The third kappa shape index (κ3) is 2.77. The fourth-order valence-corrected chi connectivity index (χ4v) is 1.90. The van der Waals surface area contributed by atoms with E-state index in [2.05, 4.69) is 12.2 Å². The molecule has 0 unspecified atom stereocenters. The van der Waals surface area contributed by atoms with Crippen LogP contribution in [0.5, 0.6) is 0 Å². The van der Waals surface area contributed by atoms with E-state index in [1.807, 2.05) is 0 Å². The van der Waals surface area contributed by atoms with Crippen molar-refractivity contribution < 1.29 is 9.21 Å². The fourth-order valence-electron chi connectivity index (χ4n) is 1.90. The molecule has 90 valence electrons. The predicted molar refractivity (Wildman–Crippen MR) is 63.5 cm³/mol. The van der Waals surface area contributed by atoms with Crippen molar-refractivity contribution in [2.75, 3.05) is 0 Å². The van der Waals surface area contributed by atoms with E-state index in [0.29, 0.717) is 23.9 Å². The number of halogens is 1. The van der Waals surface area contributed by atoms with Gasteiger partial charge in [0.25, 0.3) is 5.91 Å². The lowest BCUT2D eigenvalue weighted by Gasteiger charge is -2.33. The summed E-state index contributed by atoms with van der Waals surface area (Å²) < 4.78 is 5.10. The van der Waals surface area contributed by atoms with Crippen LogP contribution in [-0.2, 0) is 6.54 Å². The first-order valence-electron chi connectivity index (χ1n) is 5.27. The molecule has 16 heavy (non-hydrogen) atoms. The van der Waals surface area contributed by atoms with Crippen LogP contribution in [0.25, 0.3) is 0 Å². The number of furan rings is 1. The number of carbonyl (C=O) groups is 1. The second-order valence-corrected chi connectivity index (χ2v) is 4.25. The van der Waals surface area contributed by atoms with Gasteiger partial charge in [0.2, 0.25) is 0 Å². The van der Waals surface area contributed by atoms with Crippen LogP contribution in [0.15, 0.2) is 16.7 Å². The Labute approximate surface area is 101 Å². The smallest absolute Gasteiger partial charge is 0.254 e. The van der Waals surface area contributed by atoms with Crippen LogP contribution in [-0.4, -0.2) is 11.9 Å². The maximum Gasteiger partial charge on any atom is 0.254 e. The highest BCUT2D eigenvalue weighted by molar-refractivity contribution is 5.94. The summed E-state index contributed by atoms with van der Waals surface area (Å²) >= 11 is 0. The van der Waals surface area contributed by atoms with Crippen molar-refractivity contribution >= 4 is 18.3 Å².